The molecule has 0 spiro atoms. The number of fused-ring (bicyclic) bond motifs is 1. The maximum atomic E-state index is 13.3. The molecule has 1 N–H and O–H groups in total. The number of nitrogens with one attached hydrogen (secondary N) is 1. The number of rotatable bonds is 5. The van der Waals surface area contributed by atoms with Crippen molar-refractivity contribution in [1.29, 1.82) is 0 Å². The van der Waals surface area contributed by atoms with E-state index in [-0.39, 0.29) is 17.7 Å². The van der Waals surface area contributed by atoms with Gasteiger partial charge in [0.15, 0.2) is 5.82 Å². The Morgan fingerprint density at radius 1 is 1.00 bits per heavy atom. The first-order valence-corrected chi connectivity index (χ1v) is 13.1. The number of aromatic nitrogens is 4. The van der Waals surface area contributed by atoms with Crippen molar-refractivity contribution in [2.75, 3.05) is 13.1 Å². The van der Waals surface area contributed by atoms with E-state index in [2.05, 4.69) is 25.1 Å². The molecule has 2 amide bonds. The van der Waals surface area contributed by atoms with Crippen LogP contribution in [0.2, 0.25) is 0 Å². The summed E-state index contributed by atoms with van der Waals surface area (Å²) in [7, 11) is 0. The molecule has 196 valence electrons. The van der Waals surface area contributed by atoms with Gasteiger partial charge in [-0.1, -0.05) is 18.2 Å². The van der Waals surface area contributed by atoms with Gasteiger partial charge in [0.1, 0.15) is 17.3 Å². The second-order valence-electron chi connectivity index (χ2n) is 9.60. The van der Waals surface area contributed by atoms with E-state index in [9.17, 15) is 9.59 Å². The normalized spacial score (nSPS) is 16.3. The van der Waals surface area contributed by atoms with Crippen LogP contribution in [0.1, 0.15) is 47.0 Å². The van der Waals surface area contributed by atoms with Crippen molar-refractivity contribution in [2.45, 2.75) is 45.7 Å². The van der Waals surface area contributed by atoms with E-state index in [1.807, 2.05) is 66.4 Å². The Hall–Kier alpha value is -4.27. The molecule has 1 aliphatic rings. The Morgan fingerprint density at radius 3 is 2.63 bits per heavy atom. The van der Waals surface area contributed by atoms with E-state index in [4.69, 9.17) is 4.42 Å². The predicted molar refractivity (Wildman–Crippen MR) is 142 cm³/mol. The summed E-state index contributed by atoms with van der Waals surface area (Å²) in [5, 5.41) is 12.0. The van der Waals surface area contributed by atoms with Gasteiger partial charge in [-0.05, 0) is 62.6 Å². The number of carbonyl (C=O) groups excluding carboxylic acids is 2. The van der Waals surface area contributed by atoms with Gasteiger partial charge in [0.25, 0.3) is 5.91 Å². The summed E-state index contributed by atoms with van der Waals surface area (Å²) in [5.74, 6) is 2.80. The van der Waals surface area contributed by atoms with Gasteiger partial charge in [-0.25, -0.2) is 0 Å². The van der Waals surface area contributed by atoms with Crippen molar-refractivity contribution in [3.63, 3.8) is 0 Å². The van der Waals surface area contributed by atoms with Gasteiger partial charge >= 0.3 is 0 Å². The lowest BCUT2D eigenvalue weighted by atomic mass is 9.97. The van der Waals surface area contributed by atoms with Gasteiger partial charge in [0.2, 0.25) is 5.91 Å². The molecule has 0 aliphatic carbocycles. The van der Waals surface area contributed by atoms with Crippen LogP contribution in [0.5, 0.6) is 0 Å². The summed E-state index contributed by atoms with van der Waals surface area (Å²) < 4.78 is 7.69. The maximum absolute atomic E-state index is 13.3. The van der Waals surface area contributed by atoms with Crippen molar-refractivity contribution in [3.8, 4) is 11.4 Å². The van der Waals surface area contributed by atoms with Crippen LogP contribution in [-0.4, -0.2) is 49.6 Å². The van der Waals surface area contributed by atoms with E-state index in [0.29, 0.717) is 51.0 Å². The Bertz CT molecular complexity index is 1370. The molecule has 9 nitrogen and oxygen atoms in total. The molecule has 0 saturated carbocycles. The van der Waals surface area contributed by atoms with E-state index < -0.39 is 0 Å². The highest BCUT2D eigenvalue weighted by Crippen LogP contribution is 2.23. The molecule has 1 aromatic carbocycles. The quantitative estimate of drug-likeness (QED) is 0.433. The molecule has 4 aromatic rings. The molecule has 9 heteroatoms. The molecule has 1 atom stereocenters. The monoisotopic (exact) mass is 512 g/mol. The zero-order valence-corrected chi connectivity index (χ0v) is 21.5. The van der Waals surface area contributed by atoms with Gasteiger partial charge in [0, 0.05) is 55.5 Å². The minimum absolute atomic E-state index is 0.0161. The smallest absolute Gasteiger partial charge is 0.253 e. The first-order chi connectivity index (χ1) is 18.6. The van der Waals surface area contributed by atoms with Crippen LogP contribution in [0, 0.1) is 12.8 Å². The van der Waals surface area contributed by atoms with Crippen molar-refractivity contribution >= 4 is 11.8 Å². The number of aryl methyl sites for hydroxylation is 1. The minimum atomic E-state index is -0.227. The number of hydrogen-bond acceptors (Lipinski definition) is 6. The third kappa shape index (κ3) is 5.99. The van der Waals surface area contributed by atoms with Gasteiger partial charge in [-0.2, -0.15) is 0 Å². The summed E-state index contributed by atoms with van der Waals surface area (Å²) in [6, 6.07) is 16.9. The topological polar surface area (TPSA) is 106 Å². The first-order valence-electron chi connectivity index (χ1n) is 13.1. The molecule has 4 heterocycles. The average molecular weight is 513 g/mol. The molecule has 0 saturated heterocycles. The summed E-state index contributed by atoms with van der Waals surface area (Å²) in [4.78, 5) is 32.7. The van der Waals surface area contributed by atoms with Gasteiger partial charge in [-0.3, -0.25) is 14.6 Å². The zero-order valence-electron chi connectivity index (χ0n) is 21.5. The lowest BCUT2D eigenvalue weighted by molar-refractivity contribution is -0.125. The van der Waals surface area contributed by atoms with E-state index >= 15 is 0 Å². The van der Waals surface area contributed by atoms with E-state index in [1.54, 1.807) is 12.4 Å². The summed E-state index contributed by atoms with van der Waals surface area (Å²) in [5.41, 5.74) is 1.52. The number of pyridine rings is 1. The fourth-order valence-electron chi connectivity index (χ4n) is 4.90. The first kappa shape index (κ1) is 25.4. The standard InChI is InChI=1S/C29H32N6O3/c1-21-11-12-25(38-21)20-31-28(36)22-10-6-16-34(29(37)23-7-3-2-4-8-23)17-14-26-32-33-27(35(26)18-13-22)24-9-5-15-30-19-24/h2-5,7-9,11-12,15,19,22H,6,10,13-14,16-18,20H2,1H3,(H,31,36). The third-order valence-electron chi connectivity index (χ3n) is 6.95. The number of hydrogen-bond donors (Lipinski definition) is 1. The zero-order chi connectivity index (χ0) is 26.3. The summed E-state index contributed by atoms with van der Waals surface area (Å²) in [6.45, 7) is 3.92. The molecule has 1 aliphatic heterocycles. The summed E-state index contributed by atoms with van der Waals surface area (Å²) >= 11 is 0. The van der Waals surface area contributed by atoms with Crippen LogP contribution >= 0.6 is 0 Å². The van der Waals surface area contributed by atoms with Crippen LogP contribution in [0.15, 0.2) is 71.4 Å². The molecule has 0 bridgehead atoms. The average Bonchev–Trinajstić information content (AvgIpc) is 3.55. The Morgan fingerprint density at radius 2 is 1.87 bits per heavy atom. The fourth-order valence-corrected chi connectivity index (χ4v) is 4.90. The minimum Gasteiger partial charge on any atom is -0.465 e. The second kappa shape index (κ2) is 11.9. The second-order valence-corrected chi connectivity index (χ2v) is 9.60. The van der Waals surface area contributed by atoms with Gasteiger partial charge < -0.3 is 19.2 Å². The molecule has 0 radical (unpaired) electrons. The number of furan rings is 1. The molecule has 0 fully saturated rings. The Kier molecular flexibility index (Phi) is 7.92. The van der Waals surface area contributed by atoms with Crippen LogP contribution in [-0.2, 0) is 24.3 Å². The molecule has 5 rings (SSSR count). The SMILES string of the molecule is Cc1ccc(CNC(=O)C2CCCN(C(=O)c3ccccc3)CCc3nnc(-c4cccnc4)n3CC2)o1. The van der Waals surface area contributed by atoms with E-state index in [0.717, 1.165) is 35.2 Å². The molecule has 3 aromatic heterocycles. The van der Waals surface area contributed by atoms with Gasteiger partial charge in [-0.15, -0.1) is 10.2 Å². The van der Waals surface area contributed by atoms with Crippen LogP contribution < -0.4 is 5.32 Å². The Balaban J connectivity index is 1.39. The van der Waals surface area contributed by atoms with Crippen LogP contribution in [0.3, 0.4) is 0 Å². The molecular weight excluding hydrogens is 480 g/mol. The van der Waals surface area contributed by atoms with Crippen molar-refractivity contribution in [1.82, 2.24) is 30.0 Å². The summed E-state index contributed by atoms with van der Waals surface area (Å²) in [6.07, 6.45) is 6.09. The van der Waals surface area contributed by atoms with Crippen molar-refractivity contribution in [3.05, 3.63) is 89.9 Å². The Labute approximate surface area is 221 Å². The van der Waals surface area contributed by atoms with Crippen LogP contribution in [0.4, 0.5) is 0 Å². The number of nitrogens with zero attached hydrogens (tertiary/aromatic N) is 5. The van der Waals surface area contributed by atoms with E-state index in [1.165, 1.54) is 0 Å². The number of benzene rings is 1. The van der Waals surface area contributed by atoms with Crippen molar-refractivity contribution in [2.24, 2.45) is 5.92 Å². The fraction of sp³-hybridized carbons (Fsp3) is 0.345. The lowest BCUT2D eigenvalue weighted by Gasteiger charge is -2.23. The highest BCUT2D eigenvalue weighted by molar-refractivity contribution is 5.94. The third-order valence-corrected chi connectivity index (χ3v) is 6.95. The highest BCUT2D eigenvalue weighted by Gasteiger charge is 2.25. The van der Waals surface area contributed by atoms with Crippen LogP contribution in [0.25, 0.3) is 11.4 Å². The molecule has 38 heavy (non-hydrogen) atoms. The number of amides is 2. The largest absolute Gasteiger partial charge is 0.465 e. The predicted octanol–water partition coefficient (Wildman–Crippen LogP) is 4.04. The number of carbonyl (C=O) groups is 2. The molecule has 1 unspecified atom stereocenters. The highest BCUT2D eigenvalue weighted by atomic mass is 16.3. The maximum Gasteiger partial charge on any atom is 0.253 e. The lowest BCUT2D eigenvalue weighted by Crippen LogP contribution is -2.35. The van der Waals surface area contributed by atoms with Gasteiger partial charge in [0.05, 0.1) is 6.54 Å². The molecular formula is C29H32N6O3. The van der Waals surface area contributed by atoms with Crippen molar-refractivity contribution < 1.29 is 14.0 Å².